The molecule has 0 atom stereocenters. The summed E-state index contributed by atoms with van der Waals surface area (Å²) < 4.78 is 0. The van der Waals surface area contributed by atoms with Crippen molar-refractivity contribution in [3.63, 3.8) is 0 Å². The predicted molar refractivity (Wildman–Crippen MR) is 96.4 cm³/mol. The third kappa shape index (κ3) is 4.88. The van der Waals surface area contributed by atoms with Crippen LogP contribution < -0.4 is 10.7 Å². The minimum Gasteiger partial charge on any atom is -0.331 e. The molecule has 0 saturated heterocycles. The van der Waals surface area contributed by atoms with Gasteiger partial charge in [-0.1, -0.05) is 30.3 Å². The highest BCUT2D eigenvalue weighted by molar-refractivity contribution is 7.98. The molecule has 5 heteroatoms. The van der Waals surface area contributed by atoms with Gasteiger partial charge in [0.15, 0.2) is 5.11 Å². The Kier molecular flexibility index (Phi) is 5.78. The number of benzene rings is 2. The van der Waals surface area contributed by atoms with Gasteiger partial charge in [-0.05, 0) is 54.7 Å². The lowest BCUT2D eigenvalue weighted by Crippen LogP contribution is -2.24. The number of nitrogens with zero attached hydrogens (tertiary/aromatic N) is 1. The van der Waals surface area contributed by atoms with Crippen molar-refractivity contribution in [2.75, 3.05) is 11.6 Å². The molecule has 0 aromatic heterocycles. The van der Waals surface area contributed by atoms with Crippen LogP contribution >= 0.6 is 24.0 Å². The van der Waals surface area contributed by atoms with Gasteiger partial charge in [0.2, 0.25) is 0 Å². The van der Waals surface area contributed by atoms with Crippen LogP contribution in [-0.4, -0.2) is 17.6 Å². The second kappa shape index (κ2) is 7.81. The van der Waals surface area contributed by atoms with Gasteiger partial charge < -0.3 is 5.32 Å². The maximum Gasteiger partial charge on any atom is 0.191 e. The minimum atomic E-state index is 0.473. The quantitative estimate of drug-likeness (QED) is 0.386. The van der Waals surface area contributed by atoms with E-state index in [1.165, 1.54) is 4.90 Å². The first-order chi connectivity index (χ1) is 10.2. The Hall–Kier alpha value is -1.85. The number of anilines is 1. The van der Waals surface area contributed by atoms with Crippen LogP contribution in [0.25, 0.3) is 0 Å². The molecule has 2 N–H and O–H groups in total. The van der Waals surface area contributed by atoms with E-state index in [-0.39, 0.29) is 0 Å². The monoisotopic (exact) mass is 315 g/mol. The fourth-order valence-electron chi connectivity index (χ4n) is 1.72. The molecule has 0 bridgehead atoms. The van der Waals surface area contributed by atoms with Gasteiger partial charge in [0.1, 0.15) is 0 Å². The summed E-state index contributed by atoms with van der Waals surface area (Å²) in [5, 5.41) is 7.73. The van der Waals surface area contributed by atoms with E-state index >= 15 is 0 Å². The summed E-state index contributed by atoms with van der Waals surface area (Å²) in [6.45, 7) is 2.03. The molecule has 0 fully saturated rings. The molecule has 2 aromatic rings. The number of para-hydroxylation sites is 1. The molecule has 0 unspecified atom stereocenters. The number of thiocarbonyl (C=S) groups is 1. The first-order valence-electron chi connectivity index (χ1n) is 6.49. The number of rotatable bonds is 4. The highest BCUT2D eigenvalue weighted by Crippen LogP contribution is 2.14. The molecule has 0 aliphatic rings. The van der Waals surface area contributed by atoms with Crippen LogP contribution in [0.15, 0.2) is 58.5 Å². The van der Waals surface area contributed by atoms with Gasteiger partial charge >= 0.3 is 0 Å². The Bertz CT molecular complexity index is 636. The normalized spacial score (nSPS) is 10.6. The van der Waals surface area contributed by atoms with Crippen LogP contribution in [0.2, 0.25) is 0 Å². The lowest BCUT2D eigenvalue weighted by atomic mass is 10.2. The van der Waals surface area contributed by atoms with Crippen LogP contribution in [0.1, 0.15) is 11.1 Å². The van der Waals surface area contributed by atoms with E-state index in [9.17, 15) is 0 Å². The number of hydrogen-bond donors (Lipinski definition) is 2. The average molecular weight is 315 g/mol. The molecule has 0 heterocycles. The van der Waals surface area contributed by atoms with Crippen molar-refractivity contribution in [2.45, 2.75) is 11.8 Å². The van der Waals surface area contributed by atoms with E-state index in [4.69, 9.17) is 12.2 Å². The van der Waals surface area contributed by atoms with E-state index in [0.717, 1.165) is 16.8 Å². The van der Waals surface area contributed by atoms with E-state index in [0.29, 0.717) is 5.11 Å². The zero-order valence-corrected chi connectivity index (χ0v) is 13.6. The van der Waals surface area contributed by atoms with Gasteiger partial charge in [0.25, 0.3) is 0 Å². The maximum absolute atomic E-state index is 5.21. The summed E-state index contributed by atoms with van der Waals surface area (Å²) in [6, 6.07) is 16.1. The van der Waals surface area contributed by atoms with Crippen molar-refractivity contribution in [3.05, 3.63) is 59.7 Å². The summed E-state index contributed by atoms with van der Waals surface area (Å²) in [7, 11) is 0. The Balaban J connectivity index is 1.88. The van der Waals surface area contributed by atoms with Crippen molar-refractivity contribution in [1.29, 1.82) is 0 Å². The van der Waals surface area contributed by atoms with Gasteiger partial charge in [-0.2, -0.15) is 5.10 Å². The summed E-state index contributed by atoms with van der Waals surface area (Å²) >= 11 is 6.93. The topological polar surface area (TPSA) is 36.4 Å². The third-order valence-corrected chi connectivity index (χ3v) is 3.83. The Labute approximate surface area is 134 Å². The van der Waals surface area contributed by atoms with Gasteiger partial charge in [0.05, 0.1) is 6.21 Å². The lowest BCUT2D eigenvalue weighted by Gasteiger charge is -2.09. The maximum atomic E-state index is 5.21. The predicted octanol–water partition coefficient (Wildman–Crippen LogP) is 4.04. The molecule has 0 amide bonds. The van der Waals surface area contributed by atoms with Crippen molar-refractivity contribution in [3.8, 4) is 0 Å². The lowest BCUT2D eigenvalue weighted by molar-refractivity contribution is 1.05. The zero-order chi connectivity index (χ0) is 15.1. The van der Waals surface area contributed by atoms with Gasteiger partial charge in [-0.15, -0.1) is 11.8 Å². The van der Waals surface area contributed by atoms with Crippen LogP contribution in [-0.2, 0) is 0 Å². The molecule has 0 spiro atoms. The van der Waals surface area contributed by atoms with E-state index in [1.54, 1.807) is 18.0 Å². The molecular formula is C16H17N3S2. The smallest absolute Gasteiger partial charge is 0.191 e. The SMILES string of the molecule is CSc1ccc(/C=N\NC(=S)Nc2ccccc2C)cc1. The van der Waals surface area contributed by atoms with Crippen molar-refractivity contribution in [2.24, 2.45) is 5.10 Å². The van der Waals surface area contributed by atoms with Crippen LogP contribution in [0.4, 0.5) is 5.69 Å². The standard InChI is InChI=1S/C16H17N3S2/c1-12-5-3-4-6-15(12)18-16(20)19-17-11-13-7-9-14(21-2)10-8-13/h3-11H,1-2H3,(H2,18,19,20)/b17-11-. The minimum absolute atomic E-state index is 0.473. The second-order valence-electron chi connectivity index (χ2n) is 4.41. The zero-order valence-electron chi connectivity index (χ0n) is 12.0. The molecule has 108 valence electrons. The van der Waals surface area contributed by atoms with Gasteiger partial charge in [0, 0.05) is 10.6 Å². The number of hydrazone groups is 1. The first kappa shape index (κ1) is 15.5. The summed E-state index contributed by atoms with van der Waals surface area (Å²) in [5.41, 5.74) is 5.97. The molecular weight excluding hydrogens is 298 g/mol. The Morgan fingerprint density at radius 3 is 2.52 bits per heavy atom. The van der Waals surface area contributed by atoms with Gasteiger partial charge in [-0.3, -0.25) is 5.43 Å². The molecule has 0 aliphatic heterocycles. The Morgan fingerprint density at radius 2 is 1.86 bits per heavy atom. The highest BCUT2D eigenvalue weighted by atomic mass is 32.2. The summed E-state index contributed by atoms with van der Waals surface area (Å²) in [6.07, 6.45) is 3.80. The van der Waals surface area contributed by atoms with Gasteiger partial charge in [-0.25, -0.2) is 0 Å². The molecule has 0 saturated carbocycles. The van der Waals surface area contributed by atoms with Crippen molar-refractivity contribution in [1.82, 2.24) is 5.43 Å². The number of thioether (sulfide) groups is 1. The van der Waals surface area contributed by atoms with Crippen molar-refractivity contribution >= 4 is 41.0 Å². The highest BCUT2D eigenvalue weighted by Gasteiger charge is 1.98. The van der Waals surface area contributed by atoms with Crippen LogP contribution in [0, 0.1) is 6.92 Å². The third-order valence-electron chi connectivity index (χ3n) is 2.89. The fourth-order valence-corrected chi connectivity index (χ4v) is 2.29. The van der Waals surface area contributed by atoms with E-state index < -0.39 is 0 Å². The number of hydrogen-bond acceptors (Lipinski definition) is 3. The average Bonchev–Trinajstić information content (AvgIpc) is 2.50. The largest absolute Gasteiger partial charge is 0.331 e. The number of nitrogens with one attached hydrogen (secondary N) is 2. The molecule has 0 radical (unpaired) electrons. The van der Waals surface area contributed by atoms with Crippen LogP contribution in [0.5, 0.6) is 0 Å². The van der Waals surface area contributed by atoms with E-state index in [1.807, 2.05) is 43.3 Å². The Morgan fingerprint density at radius 1 is 1.14 bits per heavy atom. The summed E-state index contributed by atoms with van der Waals surface area (Å²) in [5.74, 6) is 0. The molecule has 2 rings (SSSR count). The molecule has 0 aliphatic carbocycles. The number of aryl methyl sites for hydroxylation is 1. The molecule has 21 heavy (non-hydrogen) atoms. The first-order valence-corrected chi connectivity index (χ1v) is 8.12. The van der Waals surface area contributed by atoms with Crippen LogP contribution in [0.3, 0.4) is 0 Å². The summed E-state index contributed by atoms with van der Waals surface area (Å²) in [4.78, 5) is 1.23. The fraction of sp³-hybridized carbons (Fsp3) is 0.125. The van der Waals surface area contributed by atoms with E-state index in [2.05, 4.69) is 34.2 Å². The van der Waals surface area contributed by atoms with Crippen molar-refractivity contribution < 1.29 is 0 Å². The molecule has 2 aromatic carbocycles. The molecule has 3 nitrogen and oxygen atoms in total. The second-order valence-corrected chi connectivity index (χ2v) is 5.70.